The van der Waals surface area contributed by atoms with Gasteiger partial charge in [-0.1, -0.05) is 97.3 Å². The number of nitrogens with one attached hydrogen (secondary N) is 1. The summed E-state index contributed by atoms with van der Waals surface area (Å²) in [6, 6.07) is 1.71. The molecular weight excluding hydrogens is 348 g/mol. The molecule has 0 bridgehead atoms. The van der Waals surface area contributed by atoms with E-state index in [0.29, 0.717) is 5.69 Å². The molecule has 4 heteroatoms. The van der Waals surface area contributed by atoms with E-state index in [1.165, 1.54) is 83.5 Å². The van der Waals surface area contributed by atoms with E-state index in [4.69, 9.17) is 5.11 Å². The van der Waals surface area contributed by atoms with Crippen molar-refractivity contribution in [1.82, 2.24) is 4.57 Å². The van der Waals surface area contributed by atoms with Crippen molar-refractivity contribution in [1.29, 1.82) is 0 Å². The van der Waals surface area contributed by atoms with E-state index in [1.807, 2.05) is 6.20 Å². The Labute approximate surface area is 173 Å². The van der Waals surface area contributed by atoms with Gasteiger partial charge in [0, 0.05) is 19.8 Å². The van der Waals surface area contributed by atoms with Gasteiger partial charge in [-0.05, 0) is 18.4 Å². The maximum Gasteiger partial charge on any atom is 0.352 e. The highest BCUT2D eigenvalue weighted by molar-refractivity contribution is 5.87. The van der Waals surface area contributed by atoms with Crippen LogP contribution in [0.1, 0.15) is 114 Å². The van der Waals surface area contributed by atoms with E-state index in [1.54, 1.807) is 17.7 Å². The molecule has 0 spiro atoms. The molecule has 0 amide bonds. The summed E-state index contributed by atoms with van der Waals surface area (Å²) < 4.78 is 1.65. The smallest absolute Gasteiger partial charge is 0.352 e. The molecule has 0 radical (unpaired) electrons. The van der Waals surface area contributed by atoms with Crippen LogP contribution in [0.5, 0.6) is 0 Å². The van der Waals surface area contributed by atoms with Gasteiger partial charge in [-0.25, -0.2) is 4.79 Å². The van der Waals surface area contributed by atoms with Gasteiger partial charge >= 0.3 is 5.97 Å². The van der Waals surface area contributed by atoms with E-state index in [9.17, 15) is 4.79 Å². The molecule has 2 N–H and O–H groups in total. The Hall–Kier alpha value is -1.45. The van der Waals surface area contributed by atoms with E-state index in [-0.39, 0.29) is 0 Å². The van der Waals surface area contributed by atoms with Crippen LogP contribution in [-0.2, 0) is 7.05 Å². The van der Waals surface area contributed by atoms with Gasteiger partial charge in [-0.3, -0.25) is 0 Å². The average Bonchev–Trinajstić information content (AvgIpc) is 3.03. The van der Waals surface area contributed by atoms with Crippen molar-refractivity contribution in [2.75, 3.05) is 11.9 Å². The van der Waals surface area contributed by atoms with Crippen LogP contribution in [0.3, 0.4) is 0 Å². The highest BCUT2D eigenvalue weighted by atomic mass is 16.4. The Morgan fingerprint density at radius 1 is 0.964 bits per heavy atom. The number of aromatic carboxylic acids is 1. The normalized spacial score (nSPS) is 12.2. The lowest BCUT2D eigenvalue weighted by Gasteiger charge is -2.12. The third kappa shape index (κ3) is 11.4. The zero-order valence-electron chi connectivity index (χ0n) is 18.6. The first-order valence-corrected chi connectivity index (χ1v) is 11.7. The molecule has 1 aromatic rings. The minimum absolute atomic E-state index is 0.326. The average molecular weight is 393 g/mol. The second kappa shape index (κ2) is 15.5. The van der Waals surface area contributed by atoms with Gasteiger partial charge in [0.2, 0.25) is 0 Å². The molecule has 0 aromatic carbocycles. The molecule has 1 aromatic heterocycles. The summed E-state index contributed by atoms with van der Waals surface area (Å²) in [5.41, 5.74) is 1.23. The fourth-order valence-corrected chi connectivity index (χ4v) is 3.81. The zero-order valence-corrected chi connectivity index (χ0v) is 18.6. The molecule has 1 heterocycles. The number of hydrogen-bond donors (Lipinski definition) is 2. The Kier molecular flexibility index (Phi) is 13.6. The predicted molar refractivity (Wildman–Crippen MR) is 120 cm³/mol. The van der Waals surface area contributed by atoms with Gasteiger partial charge in [0.25, 0.3) is 0 Å². The lowest BCUT2D eigenvalue weighted by atomic mass is 9.98. The van der Waals surface area contributed by atoms with Crippen molar-refractivity contribution < 1.29 is 9.90 Å². The number of aromatic nitrogens is 1. The maximum absolute atomic E-state index is 11.1. The Morgan fingerprint density at radius 2 is 1.50 bits per heavy atom. The van der Waals surface area contributed by atoms with Crippen molar-refractivity contribution in [2.45, 2.75) is 104 Å². The zero-order chi connectivity index (χ0) is 20.6. The molecule has 28 heavy (non-hydrogen) atoms. The molecule has 0 aliphatic carbocycles. The van der Waals surface area contributed by atoms with Crippen LogP contribution in [0.15, 0.2) is 12.3 Å². The van der Waals surface area contributed by atoms with Gasteiger partial charge in [0.15, 0.2) is 0 Å². The third-order valence-electron chi connectivity index (χ3n) is 5.74. The largest absolute Gasteiger partial charge is 0.477 e. The minimum atomic E-state index is -0.879. The second-order valence-electron chi connectivity index (χ2n) is 8.53. The summed E-state index contributed by atoms with van der Waals surface area (Å²) in [4.78, 5) is 11.1. The van der Waals surface area contributed by atoms with Gasteiger partial charge in [0.1, 0.15) is 5.69 Å². The third-order valence-corrected chi connectivity index (χ3v) is 5.74. The summed E-state index contributed by atoms with van der Waals surface area (Å²) in [5.74, 6) is -0.158. The first-order chi connectivity index (χ1) is 13.5. The van der Waals surface area contributed by atoms with Crippen LogP contribution < -0.4 is 5.32 Å². The van der Waals surface area contributed by atoms with E-state index in [0.717, 1.165) is 24.6 Å². The van der Waals surface area contributed by atoms with Crippen molar-refractivity contribution in [3.8, 4) is 0 Å². The van der Waals surface area contributed by atoms with E-state index in [2.05, 4.69) is 19.2 Å². The van der Waals surface area contributed by atoms with Crippen LogP contribution in [0.25, 0.3) is 0 Å². The SMILES string of the molecule is CCCCCCCCCCCCCCC(C)CCNc1cc(C(=O)O)n(C)c1. The number of aryl methyl sites for hydroxylation is 1. The Balaban J connectivity index is 1.92. The molecule has 0 saturated carbocycles. The van der Waals surface area contributed by atoms with Crippen LogP contribution >= 0.6 is 0 Å². The second-order valence-corrected chi connectivity index (χ2v) is 8.53. The van der Waals surface area contributed by atoms with Crippen LogP contribution in [-0.4, -0.2) is 22.2 Å². The summed E-state index contributed by atoms with van der Waals surface area (Å²) >= 11 is 0. The number of anilines is 1. The topological polar surface area (TPSA) is 54.3 Å². The van der Waals surface area contributed by atoms with Gasteiger partial charge < -0.3 is 15.0 Å². The quantitative estimate of drug-likeness (QED) is 0.259. The number of rotatable bonds is 18. The fraction of sp³-hybridized carbons (Fsp3) is 0.792. The standard InChI is InChI=1S/C24H44N2O2/c1-4-5-6-7-8-9-10-11-12-13-14-15-16-21(2)17-18-25-22-19-23(24(27)28)26(3)20-22/h19-21,25H,4-18H2,1-3H3,(H,27,28). The van der Waals surface area contributed by atoms with Gasteiger partial charge in [-0.2, -0.15) is 0 Å². The lowest BCUT2D eigenvalue weighted by Crippen LogP contribution is -2.06. The number of carbonyl (C=O) groups is 1. The van der Waals surface area contributed by atoms with Crippen molar-refractivity contribution in [2.24, 2.45) is 13.0 Å². The minimum Gasteiger partial charge on any atom is -0.477 e. The van der Waals surface area contributed by atoms with Gasteiger partial charge in [-0.15, -0.1) is 0 Å². The highest BCUT2D eigenvalue weighted by Crippen LogP contribution is 2.17. The molecule has 162 valence electrons. The van der Waals surface area contributed by atoms with Crippen molar-refractivity contribution in [3.05, 3.63) is 18.0 Å². The predicted octanol–water partition coefficient (Wildman–Crippen LogP) is 7.25. The summed E-state index contributed by atoms with van der Waals surface area (Å²) in [6.45, 7) is 5.51. The first-order valence-electron chi connectivity index (χ1n) is 11.7. The number of carboxylic acid groups (broad SMARTS) is 1. The highest BCUT2D eigenvalue weighted by Gasteiger charge is 2.10. The van der Waals surface area contributed by atoms with Crippen molar-refractivity contribution in [3.63, 3.8) is 0 Å². The van der Waals surface area contributed by atoms with Crippen LogP contribution in [0.4, 0.5) is 5.69 Å². The van der Waals surface area contributed by atoms with Crippen LogP contribution in [0.2, 0.25) is 0 Å². The Morgan fingerprint density at radius 3 is 2.00 bits per heavy atom. The molecule has 4 nitrogen and oxygen atoms in total. The van der Waals surface area contributed by atoms with E-state index >= 15 is 0 Å². The molecule has 1 rings (SSSR count). The molecule has 0 aliphatic heterocycles. The first kappa shape index (κ1) is 24.6. The number of carboxylic acids is 1. The lowest BCUT2D eigenvalue weighted by molar-refractivity contribution is 0.0686. The van der Waals surface area contributed by atoms with Crippen LogP contribution in [0, 0.1) is 5.92 Å². The van der Waals surface area contributed by atoms with Crippen molar-refractivity contribution >= 4 is 11.7 Å². The number of unbranched alkanes of at least 4 members (excludes halogenated alkanes) is 11. The molecule has 0 aliphatic rings. The fourth-order valence-electron chi connectivity index (χ4n) is 3.81. The number of nitrogens with zero attached hydrogens (tertiary/aromatic N) is 1. The molecule has 0 fully saturated rings. The summed E-state index contributed by atoms with van der Waals surface area (Å²) in [7, 11) is 1.77. The summed E-state index contributed by atoms with van der Waals surface area (Å²) in [5, 5.41) is 12.4. The molecule has 0 saturated heterocycles. The van der Waals surface area contributed by atoms with E-state index < -0.39 is 5.97 Å². The molecular formula is C24H44N2O2. The summed E-state index contributed by atoms with van der Waals surface area (Å²) in [6.07, 6.45) is 21.1. The monoisotopic (exact) mass is 392 g/mol. The van der Waals surface area contributed by atoms with Gasteiger partial charge in [0.05, 0.1) is 5.69 Å². The Bertz CT molecular complexity index is 525. The number of hydrogen-bond acceptors (Lipinski definition) is 2. The maximum atomic E-state index is 11.1. The molecule has 1 unspecified atom stereocenters. The molecule has 1 atom stereocenters.